The summed E-state index contributed by atoms with van der Waals surface area (Å²) in [6.07, 6.45) is 2.08. The first-order valence-electron chi connectivity index (χ1n) is 10.6. The zero-order valence-electron chi connectivity index (χ0n) is 19.4. The molecule has 3 heterocycles. The molecule has 0 saturated heterocycles. The molecule has 7 heteroatoms. The number of ether oxygens (including phenoxy) is 2. The van der Waals surface area contributed by atoms with Crippen molar-refractivity contribution in [3.63, 3.8) is 0 Å². The van der Waals surface area contributed by atoms with Crippen LogP contribution in [0.3, 0.4) is 0 Å². The molecule has 0 spiro atoms. The largest absolute Gasteiger partial charge is 0.496 e. The standard InChI is InChI=1S/C25H29N3O3S/c1-15(2)10-16-11-17-20(12-19(16)30-6)31-13-18-22(24(29)26-14-25(3,4)5)27-28(23(17)18)21-8-7-9-32-21/h7-12H,13-14H2,1-6H3,(H,26,29). The Hall–Kier alpha value is -3.06. The number of hydrogen-bond acceptors (Lipinski definition) is 5. The molecule has 0 fully saturated rings. The fourth-order valence-electron chi connectivity index (χ4n) is 3.66. The van der Waals surface area contributed by atoms with Crippen LogP contribution in [-0.4, -0.2) is 29.3 Å². The lowest BCUT2D eigenvalue weighted by Crippen LogP contribution is -2.33. The van der Waals surface area contributed by atoms with E-state index < -0.39 is 0 Å². The SMILES string of the molecule is COc1cc2c(cc1C=C(C)C)-c1c(c(C(=O)NCC(C)(C)C)nn1-c1cccs1)CO2. The molecule has 0 unspecified atom stereocenters. The molecule has 2 aromatic heterocycles. The summed E-state index contributed by atoms with van der Waals surface area (Å²) in [5.41, 5.74) is 5.09. The van der Waals surface area contributed by atoms with E-state index in [4.69, 9.17) is 14.6 Å². The van der Waals surface area contributed by atoms with Crippen molar-refractivity contribution in [2.45, 2.75) is 41.2 Å². The maximum Gasteiger partial charge on any atom is 0.272 e. The Morgan fingerprint density at radius 2 is 2.12 bits per heavy atom. The van der Waals surface area contributed by atoms with E-state index in [2.05, 4.69) is 38.2 Å². The molecule has 0 atom stereocenters. The van der Waals surface area contributed by atoms with E-state index in [9.17, 15) is 4.79 Å². The fraction of sp³-hybridized carbons (Fsp3) is 0.360. The molecule has 0 saturated carbocycles. The van der Waals surface area contributed by atoms with Gasteiger partial charge in [0.25, 0.3) is 5.91 Å². The molecule has 3 aromatic rings. The zero-order valence-corrected chi connectivity index (χ0v) is 20.2. The molecule has 1 aliphatic heterocycles. The molecule has 6 nitrogen and oxygen atoms in total. The lowest BCUT2D eigenvalue weighted by Gasteiger charge is -2.22. The van der Waals surface area contributed by atoms with Crippen molar-refractivity contribution in [3.05, 3.63) is 52.0 Å². The van der Waals surface area contributed by atoms with Crippen LogP contribution in [0.15, 0.2) is 35.2 Å². The Morgan fingerprint density at radius 3 is 2.75 bits per heavy atom. The number of aromatic nitrogens is 2. The summed E-state index contributed by atoms with van der Waals surface area (Å²) >= 11 is 1.58. The molecule has 0 aliphatic carbocycles. The maximum atomic E-state index is 13.1. The van der Waals surface area contributed by atoms with Crippen molar-refractivity contribution in [1.82, 2.24) is 15.1 Å². The van der Waals surface area contributed by atoms with Crippen LogP contribution in [0.4, 0.5) is 0 Å². The number of amides is 1. The predicted molar refractivity (Wildman–Crippen MR) is 129 cm³/mol. The third-order valence-corrected chi connectivity index (χ3v) is 5.94. The summed E-state index contributed by atoms with van der Waals surface area (Å²) in [5, 5.41) is 10.7. The number of allylic oxidation sites excluding steroid dienone is 1. The van der Waals surface area contributed by atoms with Gasteiger partial charge in [-0.2, -0.15) is 5.10 Å². The minimum absolute atomic E-state index is 0.0229. The quantitative estimate of drug-likeness (QED) is 0.540. The normalized spacial score (nSPS) is 12.4. The number of methoxy groups -OCH3 is 1. The summed E-state index contributed by atoms with van der Waals surface area (Å²) in [5.74, 6) is 1.29. The van der Waals surface area contributed by atoms with Gasteiger partial charge in [-0.1, -0.05) is 32.4 Å². The molecule has 0 bridgehead atoms. The van der Waals surface area contributed by atoms with Gasteiger partial charge in [-0.25, -0.2) is 4.68 Å². The van der Waals surface area contributed by atoms with Crippen molar-refractivity contribution >= 4 is 23.3 Å². The molecule has 32 heavy (non-hydrogen) atoms. The lowest BCUT2D eigenvalue weighted by molar-refractivity contribution is 0.0931. The summed E-state index contributed by atoms with van der Waals surface area (Å²) in [6.45, 7) is 11.2. The smallest absolute Gasteiger partial charge is 0.272 e. The highest BCUT2D eigenvalue weighted by molar-refractivity contribution is 7.12. The summed E-state index contributed by atoms with van der Waals surface area (Å²) in [6, 6.07) is 7.96. The number of nitrogens with zero attached hydrogens (tertiary/aromatic N) is 2. The average Bonchev–Trinajstić information content (AvgIpc) is 3.38. The van der Waals surface area contributed by atoms with E-state index in [-0.39, 0.29) is 17.9 Å². The van der Waals surface area contributed by atoms with Crippen LogP contribution in [0.25, 0.3) is 22.3 Å². The topological polar surface area (TPSA) is 65.4 Å². The van der Waals surface area contributed by atoms with Crippen LogP contribution >= 0.6 is 11.3 Å². The Kier molecular flexibility index (Phi) is 5.86. The molecule has 0 radical (unpaired) electrons. The molecule has 1 aromatic carbocycles. The number of benzene rings is 1. The van der Waals surface area contributed by atoms with E-state index in [1.54, 1.807) is 18.4 Å². The second-order valence-electron chi connectivity index (χ2n) is 9.38. The van der Waals surface area contributed by atoms with E-state index in [1.807, 2.05) is 42.1 Å². The maximum absolute atomic E-state index is 13.1. The molecule has 168 valence electrons. The van der Waals surface area contributed by atoms with Crippen molar-refractivity contribution in [2.24, 2.45) is 5.41 Å². The van der Waals surface area contributed by atoms with Crippen LogP contribution in [0.5, 0.6) is 11.5 Å². The van der Waals surface area contributed by atoms with Gasteiger partial charge in [0.1, 0.15) is 23.1 Å². The Labute approximate surface area is 192 Å². The van der Waals surface area contributed by atoms with E-state index in [1.165, 1.54) is 0 Å². The number of thiophene rings is 1. The van der Waals surface area contributed by atoms with Crippen LogP contribution in [0.1, 0.15) is 56.2 Å². The fourth-order valence-corrected chi connectivity index (χ4v) is 4.34. The van der Waals surface area contributed by atoms with Gasteiger partial charge in [0.15, 0.2) is 5.69 Å². The van der Waals surface area contributed by atoms with Crippen molar-refractivity contribution in [3.8, 4) is 27.8 Å². The molecule has 1 aliphatic rings. The van der Waals surface area contributed by atoms with E-state index in [0.717, 1.165) is 44.5 Å². The number of nitrogens with one attached hydrogen (secondary N) is 1. The third kappa shape index (κ3) is 4.30. The van der Waals surface area contributed by atoms with Gasteiger partial charge in [0, 0.05) is 29.3 Å². The number of fused-ring (bicyclic) bond motifs is 3. The van der Waals surface area contributed by atoms with Crippen LogP contribution < -0.4 is 14.8 Å². The molecule has 4 rings (SSSR count). The van der Waals surface area contributed by atoms with Gasteiger partial charge in [0.2, 0.25) is 0 Å². The van der Waals surface area contributed by atoms with Gasteiger partial charge >= 0.3 is 0 Å². The Morgan fingerprint density at radius 1 is 1.34 bits per heavy atom. The second kappa shape index (κ2) is 8.47. The summed E-state index contributed by atoms with van der Waals surface area (Å²) in [4.78, 5) is 13.1. The minimum Gasteiger partial charge on any atom is -0.496 e. The van der Waals surface area contributed by atoms with Gasteiger partial charge in [0.05, 0.1) is 12.8 Å². The lowest BCUT2D eigenvalue weighted by atomic mass is 9.96. The number of hydrogen-bond donors (Lipinski definition) is 1. The first-order chi connectivity index (χ1) is 15.2. The average molecular weight is 452 g/mol. The summed E-state index contributed by atoms with van der Waals surface area (Å²) in [7, 11) is 1.66. The minimum atomic E-state index is -0.184. The highest BCUT2D eigenvalue weighted by Gasteiger charge is 2.31. The van der Waals surface area contributed by atoms with Crippen molar-refractivity contribution < 1.29 is 14.3 Å². The van der Waals surface area contributed by atoms with E-state index in [0.29, 0.717) is 12.2 Å². The number of carbonyl (C=O) groups excluding carboxylic acids is 1. The van der Waals surface area contributed by atoms with Gasteiger partial charge < -0.3 is 14.8 Å². The molecular formula is C25H29N3O3S. The van der Waals surface area contributed by atoms with E-state index >= 15 is 0 Å². The highest BCUT2D eigenvalue weighted by atomic mass is 32.1. The number of carbonyl (C=O) groups is 1. The predicted octanol–water partition coefficient (Wildman–Crippen LogP) is 5.70. The van der Waals surface area contributed by atoms with Crippen LogP contribution in [-0.2, 0) is 6.61 Å². The molecular weight excluding hydrogens is 422 g/mol. The monoisotopic (exact) mass is 451 g/mol. The zero-order chi connectivity index (χ0) is 23.0. The van der Waals surface area contributed by atoms with Gasteiger partial charge in [-0.05, 0) is 42.8 Å². The first-order valence-corrected chi connectivity index (χ1v) is 11.5. The Balaban J connectivity index is 1.89. The van der Waals surface area contributed by atoms with Crippen molar-refractivity contribution in [2.75, 3.05) is 13.7 Å². The second-order valence-corrected chi connectivity index (χ2v) is 10.3. The summed E-state index contributed by atoms with van der Waals surface area (Å²) < 4.78 is 13.6. The molecule has 1 amide bonds. The van der Waals surface area contributed by atoms with Crippen molar-refractivity contribution in [1.29, 1.82) is 0 Å². The van der Waals surface area contributed by atoms with Gasteiger partial charge in [-0.15, -0.1) is 11.3 Å². The van der Waals surface area contributed by atoms with Gasteiger partial charge in [-0.3, -0.25) is 4.79 Å². The Bertz CT molecular complexity index is 1180. The molecule has 1 N–H and O–H groups in total. The van der Waals surface area contributed by atoms with Crippen LogP contribution in [0, 0.1) is 5.41 Å². The first kappa shape index (κ1) is 22.1. The highest BCUT2D eigenvalue weighted by Crippen LogP contribution is 2.44. The third-order valence-electron chi connectivity index (χ3n) is 5.10. The number of rotatable bonds is 5. The van der Waals surface area contributed by atoms with Crippen LogP contribution in [0.2, 0.25) is 0 Å².